The molecule has 0 fully saturated rings. The number of hydrogen-bond donors (Lipinski definition) is 0. The third-order valence-electron chi connectivity index (χ3n) is 1.85. The molecule has 0 bridgehead atoms. The van der Waals surface area contributed by atoms with Crippen LogP contribution in [0.1, 0.15) is 19.0 Å². The number of pyridine rings is 1. The van der Waals surface area contributed by atoms with Crippen molar-refractivity contribution < 1.29 is 4.74 Å². The largest absolute Gasteiger partial charge is 0.495 e. The van der Waals surface area contributed by atoms with Crippen molar-refractivity contribution in [3.05, 3.63) is 24.0 Å². The number of rotatable bonds is 4. The Bertz CT molecular complexity index is 263. The highest BCUT2D eigenvalue weighted by atomic mass is 79.9. The van der Waals surface area contributed by atoms with Crippen LogP contribution in [0.4, 0.5) is 0 Å². The van der Waals surface area contributed by atoms with Crippen LogP contribution < -0.4 is 4.74 Å². The van der Waals surface area contributed by atoms with Crippen LogP contribution in [0.3, 0.4) is 0 Å². The first-order valence-corrected chi connectivity index (χ1v) is 5.27. The normalized spacial score (nSPS) is 12.5. The van der Waals surface area contributed by atoms with Gasteiger partial charge in [0.05, 0.1) is 12.8 Å². The lowest BCUT2D eigenvalue weighted by Gasteiger charge is -2.07. The predicted octanol–water partition coefficient (Wildman–Crippen LogP) is 2.81. The van der Waals surface area contributed by atoms with Gasteiger partial charge in [0.2, 0.25) is 0 Å². The number of halogens is 1. The van der Waals surface area contributed by atoms with Gasteiger partial charge in [-0.05, 0) is 25.0 Å². The number of aromatic nitrogens is 1. The van der Waals surface area contributed by atoms with Gasteiger partial charge in [-0.15, -0.1) is 0 Å². The Kier molecular flexibility index (Phi) is 4.22. The van der Waals surface area contributed by atoms with Crippen LogP contribution in [0.2, 0.25) is 0 Å². The average Bonchev–Trinajstić information content (AvgIpc) is 2.15. The lowest BCUT2D eigenvalue weighted by molar-refractivity contribution is 0.406. The monoisotopic (exact) mass is 243 g/mol. The van der Waals surface area contributed by atoms with E-state index in [9.17, 15) is 0 Å². The minimum atomic E-state index is 0.527. The predicted molar refractivity (Wildman–Crippen MR) is 57.5 cm³/mol. The molecular formula is C10H14BrNO. The quantitative estimate of drug-likeness (QED) is 0.760. The number of ether oxygens (including phenoxy) is 1. The molecule has 0 aromatic carbocycles. The van der Waals surface area contributed by atoms with Crippen LogP contribution in [0.15, 0.2) is 18.3 Å². The first-order chi connectivity index (χ1) is 6.24. The summed E-state index contributed by atoms with van der Waals surface area (Å²) >= 11 is 3.51. The summed E-state index contributed by atoms with van der Waals surface area (Å²) in [6.45, 7) is 2.13. The van der Waals surface area contributed by atoms with E-state index in [1.54, 1.807) is 13.3 Å². The molecule has 0 saturated heterocycles. The third-order valence-corrected chi connectivity index (χ3v) is 2.31. The van der Waals surface area contributed by atoms with Gasteiger partial charge >= 0.3 is 0 Å². The molecule has 0 aliphatic rings. The SMILES string of the molecule is COc1cccnc1CCC(C)Br. The maximum atomic E-state index is 5.20. The Morgan fingerprint density at radius 2 is 2.38 bits per heavy atom. The van der Waals surface area contributed by atoms with Crippen molar-refractivity contribution >= 4 is 15.9 Å². The second-order valence-corrected chi connectivity index (χ2v) is 4.53. The van der Waals surface area contributed by atoms with Gasteiger partial charge in [0.1, 0.15) is 5.75 Å². The van der Waals surface area contributed by atoms with E-state index in [0.29, 0.717) is 4.83 Å². The third kappa shape index (κ3) is 3.35. The smallest absolute Gasteiger partial charge is 0.140 e. The lowest BCUT2D eigenvalue weighted by atomic mass is 10.2. The molecule has 0 saturated carbocycles. The molecule has 0 aliphatic heterocycles. The Morgan fingerprint density at radius 3 is 3.00 bits per heavy atom. The number of aryl methyl sites for hydroxylation is 1. The van der Waals surface area contributed by atoms with Gasteiger partial charge in [0, 0.05) is 11.0 Å². The highest BCUT2D eigenvalue weighted by molar-refractivity contribution is 9.09. The van der Waals surface area contributed by atoms with E-state index >= 15 is 0 Å². The summed E-state index contributed by atoms with van der Waals surface area (Å²) in [5, 5.41) is 0. The summed E-state index contributed by atoms with van der Waals surface area (Å²) in [4.78, 5) is 4.80. The van der Waals surface area contributed by atoms with Gasteiger partial charge in [0.25, 0.3) is 0 Å². The van der Waals surface area contributed by atoms with Crippen molar-refractivity contribution in [1.82, 2.24) is 4.98 Å². The molecule has 0 radical (unpaired) electrons. The van der Waals surface area contributed by atoms with Crippen LogP contribution >= 0.6 is 15.9 Å². The molecule has 1 aromatic rings. The molecule has 72 valence electrons. The van der Waals surface area contributed by atoms with E-state index in [1.807, 2.05) is 12.1 Å². The number of methoxy groups -OCH3 is 1. The molecule has 3 heteroatoms. The van der Waals surface area contributed by atoms with Crippen molar-refractivity contribution in [2.45, 2.75) is 24.6 Å². The van der Waals surface area contributed by atoms with Gasteiger partial charge in [-0.2, -0.15) is 0 Å². The zero-order valence-electron chi connectivity index (χ0n) is 7.96. The summed E-state index contributed by atoms with van der Waals surface area (Å²) in [5.41, 5.74) is 1.04. The molecule has 1 unspecified atom stereocenters. The molecule has 0 N–H and O–H groups in total. The molecule has 0 aliphatic carbocycles. The van der Waals surface area contributed by atoms with Crippen molar-refractivity contribution in [3.8, 4) is 5.75 Å². The van der Waals surface area contributed by atoms with E-state index in [1.165, 1.54) is 0 Å². The van der Waals surface area contributed by atoms with E-state index in [4.69, 9.17) is 4.74 Å². The Balaban J connectivity index is 2.64. The Labute approximate surface area is 87.5 Å². The minimum absolute atomic E-state index is 0.527. The fourth-order valence-electron chi connectivity index (χ4n) is 1.13. The van der Waals surface area contributed by atoms with Gasteiger partial charge in [0.15, 0.2) is 0 Å². The number of hydrogen-bond acceptors (Lipinski definition) is 2. The summed E-state index contributed by atoms with van der Waals surface area (Å²) in [7, 11) is 1.68. The summed E-state index contributed by atoms with van der Waals surface area (Å²) in [6, 6.07) is 3.83. The summed E-state index contributed by atoms with van der Waals surface area (Å²) in [5.74, 6) is 0.885. The fraction of sp³-hybridized carbons (Fsp3) is 0.500. The van der Waals surface area contributed by atoms with E-state index in [-0.39, 0.29) is 0 Å². The molecule has 0 spiro atoms. The second kappa shape index (κ2) is 5.22. The lowest BCUT2D eigenvalue weighted by Crippen LogP contribution is -1.99. The maximum Gasteiger partial charge on any atom is 0.140 e. The van der Waals surface area contributed by atoms with E-state index in [2.05, 4.69) is 27.8 Å². The van der Waals surface area contributed by atoms with Gasteiger partial charge < -0.3 is 4.74 Å². The van der Waals surface area contributed by atoms with Crippen LogP contribution in [-0.2, 0) is 6.42 Å². The van der Waals surface area contributed by atoms with Crippen molar-refractivity contribution in [2.24, 2.45) is 0 Å². The molecule has 13 heavy (non-hydrogen) atoms. The van der Waals surface area contributed by atoms with Crippen LogP contribution in [-0.4, -0.2) is 16.9 Å². The Morgan fingerprint density at radius 1 is 1.62 bits per heavy atom. The van der Waals surface area contributed by atoms with Crippen LogP contribution in [0.25, 0.3) is 0 Å². The fourth-order valence-corrected chi connectivity index (χ4v) is 1.36. The number of alkyl halides is 1. The first-order valence-electron chi connectivity index (χ1n) is 4.36. The molecule has 2 nitrogen and oxygen atoms in total. The van der Waals surface area contributed by atoms with Crippen LogP contribution in [0.5, 0.6) is 5.75 Å². The van der Waals surface area contributed by atoms with Gasteiger partial charge in [-0.3, -0.25) is 4.98 Å². The standard InChI is InChI=1S/C10H14BrNO/c1-8(11)5-6-9-10(13-2)4-3-7-12-9/h3-4,7-8H,5-6H2,1-2H3. The zero-order valence-corrected chi connectivity index (χ0v) is 9.54. The van der Waals surface area contributed by atoms with Crippen molar-refractivity contribution in [3.63, 3.8) is 0 Å². The molecule has 0 amide bonds. The Hall–Kier alpha value is -0.570. The molecule has 1 atom stereocenters. The van der Waals surface area contributed by atoms with E-state index < -0.39 is 0 Å². The van der Waals surface area contributed by atoms with Gasteiger partial charge in [-0.1, -0.05) is 22.9 Å². The van der Waals surface area contributed by atoms with Crippen molar-refractivity contribution in [2.75, 3.05) is 7.11 Å². The molecule has 1 rings (SSSR count). The van der Waals surface area contributed by atoms with Crippen molar-refractivity contribution in [1.29, 1.82) is 0 Å². The number of nitrogens with zero attached hydrogens (tertiary/aromatic N) is 1. The van der Waals surface area contributed by atoms with Gasteiger partial charge in [-0.25, -0.2) is 0 Å². The average molecular weight is 244 g/mol. The summed E-state index contributed by atoms with van der Waals surface area (Å²) < 4.78 is 5.20. The highest BCUT2D eigenvalue weighted by Crippen LogP contribution is 2.18. The first kappa shape index (κ1) is 10.5. The molecular weight excluding hydrogens is 230 g/mol. The second-order valence-electron chi connectivity index (χ2n) is 2.97. The summed E-state index contributed by atoms with van der Waals surface area (Å²) in [6.07, 6.45) is 3.83. The maximum absolute atomic E-state index is 5.20. The molecule has 1 heterocycles. The highest BCUT2D eigenvalue weighted by Gasteiger charge is 2.04. The van der Waals surface area contributed by atoms with Crippen LogP contribution in [0, 0.1) is 0 Å². The minimum Gasteiger partial charge on any atom is -0.495 e. The zero-order chi connectivity index (χ0) is 9.68. The topological polar surface area (TPSA) is 22.1 Å². The molecule has 1 aromatic heterocycles. The van der Waals surface area contributed by atoms with E-state index in [0.717, 1.165) is 24.3 Å².